The zero-order valence-electron chi connectivity index (χ0n) is 14.2. The van der Waals surface area contributed by atoms with E-state index < -0.39 is 11.9 Å². The van der Waals surface area contributed by atoms with Crippen LogP contribution in [0.25, 0.3) is 11.1 Å². The summed E-state index contributed by atoms with van der Waals surface area (Å²) in [4.78, 5) is 11.4. The van der Waals surface area contributed by atoms with E-state index in [0.29, 0.717) is 12.0 Å². The number of hydrogen-bond donors (Lipinski definition) is 0. The minimum Gasteiger partial charge on any atom is -0.491 e. The van der Waals surface area contributed by atoms with Crippen molar-refractivity contribution < 1.29 is 40.1 Å². The molecule has 1 aromatic heterocycles. The minimum absolute atomic E-state index is 0. The maximum absolute atomic E-state index is 13.2. The van der Waals surface area contributed by atoms with Gasteiger partial charge in [0.15, 0.2) is 12.0 Å². The third kappa shape index (κ3) is 4.79. The van der Waals surface area contributed by atoms with Gasteiger partial charge in [0.1, 0.15) is 5.75 Å². The molecule has 0 aliphatic rings. The summed E-state index contributed by atoms with van der Waals surface area (Å²) in [7, 11) is 1.40. The Bertz CT molecular complexity index is 924. The van der Waals surface area contributed by atoms with Crippen molar-refractivity contribution in [3.05, 3.63) is 71.5 Å². The Morgan fingerprint density at radius 1 is 1.19 bits per heavy atom. The van der Waals surface area contributed by atoms with Crippen LogP contribution in [0, 0.1) is 6.07 Å². The first-order valence-electron chi connectivity index (χ1n) is 7.66. The number of aryl methyl sites for hydroxylation is 1. The van der Waals surface area contributed by atoms with Gasteiger partial charge in [-0.1, -0.05) is 0 Å². The van der Waals surface area contributed by atoms with E-state index in [1.165, 1.54) is 31.4 Å². The molecule has 0 atom stereocenters. The Balaban J connectivity index is 0.00000261. The number of benzene rings is 2. The van der Waals surface area contributed by atoms with Gasteiger partial charge >= 0.3 is 6.18 Å². The van der Waals surface area contributed by atoms with Crippen LogP contribution in [-0.4, -0.2) is 16.1 Å². The SMILES string of the molecule is Cn1cc(-c2ccc(OCc3cc[c-]cc3)cc2C=O)c(C(F)(F)F)n1.[Cr]. The number of carbonyl (C=O) groups excluding carboxylic acids is 1. The van der Waals surface area contributed by atoms with E-state index in [9.17, 15) is 18.0 Å². The molecule has 0 unspecified atom stereocenters. The van der Waals surface area contributed by atoms with Gasteiger partial charge in [0.05, 0.1) is 6.61 Å². The summed E-state index contributed by atoms with van der Waals surface area (Å²) in [5.74, 6) is 0.390. The molecule has 0 radical (unpaired) electrons. The molecule has 0 N–H and O–H groups in total. The van der Waals surface area contributed by atoms with E-state index in [2.05, 4.69) is 11.2 Å². The van der Waals surface area contributed by atoms with Gasteiger partial charge < -0.3 is 4.74 Å². The molecular weight excluding hydrogens is 397 g/mol. The monoisotopic (exact) mass is 411 g/mol. The number of nitrogens with zero attached hydrogens (tertiary/aromatic N) is 2. The van der Waals surface area contributed by atoms with Crippen LogP contribution in [0.15, 0.2) is 48.7 Å². The van der Waals surface area contributed by atoms with Gasteiger partial charge in [-0.25, -0.2) is 0 Å². The molecule has 0 saturated heterocycles. The largest absolute Gasteiger partial charge is 0.491 e. The molecule has 1 heterocycles. The van der Waals surface area contributed by atoms with Gasteiger partial charge in [-0.2, -0.15) is 48.6 Å². The predicted molar refractivity (Wildman–Crippen MR) is 88.6 cm³/mol. The van der Waals surface area contributed by atoms with Crippen molar-refractivity contribution in [3.63, 3.8) is 0 Å². The van der Waals surface area contributed by atoms with E-state index in [-0.39, 0.29) is 40.7 Å². The fourth-order valence-electron chi connectivity index (χ4n) is 2.55. The molecule has 140 valence electrons. The fraction of sp³-hybridized carbons (Fsp3) is 0.158. The molecule has 4 nitrogen and oxygen atoms in total. The molecule has 0 aliphatic carbocycles. The first kappa shape index (κ1) is 20.8. The van der Waals surface area contributed by atoms with Crippen molar-refractivity contribution in [2.45, 2.75) is 12.8 Å². The van der Waals surface area contributed by atoms with Gasteiger partial charge in [-0.05, 0) is 23.8 Å². The number of halogens is 3. The molecule has 0 spiro atoms. The number of aromatic nitrogens is 2. The number of ether oxygens (including phenoxy) is 1. The maximum Gasteiger partial charge on any atom is 0.435 e. The number of carbonyl (C=O) groups is 1. The molecule has 0 amide bonds. The molecule has 0 saturated carbocycles. The van der Waals surface area contributed by atoms with E-state index in [4.69, 9.17) is 4.74 Å². The van der Waals surface area contributed by atoms with Gasteiger partial charge in [-0.15, -0.1) is 5.56 Å². The quantitative estimate of drug-likeness (QED) is 0.465. The van der Waals surface area contributed by atoms with Crippen LogP contribution < -0.4 is 4.74 Å². The number of rotatable bonds is 5. The molecule has 0 aliphatic heterocycles. The van der Waals surface area contributed by atoms with Crippen LogP contribution in [0.4, 0.5) is 13.2 Å². The maximum atomic E-state index is 13.2. The molecule has 0 fully saturated rings. The topological polar surface area (TPSA) is 44.1 Å². The van der Waals surface area contributed by atoms with Crippen LogP contribution in [0.5, 0.6) is 5.75 Å². The van der Waals surface area contributed by atoms with Crippen LogP contribution >= 0.6 is 0 Å². The summed E-state index contributed by atoms with van der Waals surface area (Å²) in [5.41, 5.74) is -0.0128. The van der Waals surface area contributed by atoms with Crippen molar-refractivity contribution in [3.8, 4) is 16.9 Å². The summed E-state index contributed by atoms with van der Waals surface area (Å²) >= 11 is 0. The van der Waals surface area contributed by atoms with E-state index in [1.54, 1.807) is 12.1 Å². The third-order valence-electron chi connectivity index (χ3n) is 3.73. The average Bonchev–Trinajstić information content (AvgIpc) is 3.02. The van der Waals surface area contributed by atoms with E-state index in [0.717, 1.165) is 10.2 Å². The normalized spacial score (nSPS) is 11.0. The molecular formula is C19H14CrF3N2O2-. The Kier molecular flexibility index (Phi) is 6.47. The second-order valence-corrected chi connectivity index (χ2v) is 5.63. The van der Waals surface area contributed by atoms with Crippen LogP contribution in [-0.2, 0) is 37.2 Å². The Morgan fingerprint density at radius 3 is 2.52 bits per heavy atom. The first-order valence-corrected chi connectivity index (χ1v) is 7.66. The van der Waals surface area contributed by atoms with Crippen LogP contribution in [0.3, 0.4) is 0 Å². The Labute approximate surface area is 164 Å². The van der Waals surface area contributed by atoms with E-state index >= 15 is 0 Å². The van der Waals surface area contributed by atoms with Gasteiger partial charge in [0.2, 0.25) is 0 Å². The van der Waals surface area contributed by atoms with Crippen LogP contribution in [0.1, 0.15) is 21.6 Å². The number of alkyl halides is 3. The summed E-state index contributed by atoms with van der Waals surface area (Å²) in [6.07, 6.45) is -2.87. The van der Waals surface area contributed by atoms with Gasteiger partial charge in [0, 0.05) is 41.7 Å². The Morgan fingerprint density at radius 2 is 1.89 bits per heavy atom. The number of aldehydes is 1. The minimum atomic E-state index is -4.61. The summed E-state index contributed by atoms with van der Waals surface area (Å²) in [6, 6.07) is 14.4. The average molecular weight is 411 g/mol. The fourth-order valence-corrected chi connectivity index (χ4v) is 2.55. The summed E-state index contributed by atoms with van der Waals surface area (Å²) < 4.78 is 46.2. The smallest absolute Gasteiger partial charge is 0.435 e. The molecule has 0 bridgehead atoms. The van der Waals surface area contributed by atoms with Crippen molar-refractivity contribution in [1.82, 2.24) is 9.78 Å². The standard InChI is InChI=1S/C19H14F3N2O2.Cr/c1-24-10-17(18(23-24)19(20,21)22)16-8-7-15(9-14(16)11-25)26-12-13-5-3-2-4-6-13;/h3-11H,12H2,1H3;/q-1;. The van der Waals surface area contributed by atoms with Crippen molar-refractivity contribution in [2.75, 3.05) is 0 Å². The van der Waals surface area contributed by atoms with E-state index in [1.807, 2.05) is 12.1 Å². The molecule has 27 heavy (non-hydrogen) atoms. The van der Waals surface area contributed by atoms with Crippen molar-refractivity contribution in [2.24, 2.45) is 7.05 Å². The molecule has 2 aromatic carbocycles. The molecule has 3 aromatic rings. The summed E-state index contributed by atoms with van der Waals surface area (Å²) in [6.45, 7) is 0.271. The number of hydrogen-bond acceptors (Lipinski definition) is 3. The van der Waals surface area contributed by atoms with Gasteiger partial charge in [-0.3, -0.25) is 9.48 Å². The predicted octanol–water partition coefficient (Wildman–Crippen LogP) is 4.30. The zero-order chi connectivity index (χ0) is 18.7. The van der Waals surface area contributed by atoms with Gasteiger partial charge in [0.25, 0.3) is 0 Å². The summed E-state index contributed by atoms with van der Waals surface area (Å²) in [5, 5.41) is 3.47. The zero-order valence-corrected chi connectivity index (χ0v) is 15.4. The third-order valence-corrected chi connectivity index (χ3v) is 3.73. The second-order valence-electron chi connectivity index (χ2n) is 5.63. The van der Waals surface area contributed by atoms with Crippen molar-refractivity contribution >= 4 is 6.29 Å². The van der Waals surface area contributed by atoms with Crippen LogP contribution in [0.2, 0.25) is 0 Å². The molecule has 8 heteroatoms. The van der Waals surface area contributed by atoms with Crippen molar-refractivity contribution in [1.29, 1.82) is 0 Å². The second kappa shape index (κ2) is 8.42. The Hall–Kier alpha value is -2.56. The molecule has 3 rings (SSSR count). The first-order chi connectivity index (χ1) is 12.4.